The van der Waals surface area contributed by atoms with Crippen molar-refractivity contribution < 1.29 is 0 Å². The SMILES string of the molecule is CC1(C)CCC(C)(C)c2cc(N(c3cccc4c3Sc3c(-c5ccccc5)cccc3C43C4CC5CC6CC3C64C5)C3C=CC4=C(C3)C(C)(C)c3ccccc34)ccc21. The van der Waals surface area contributed by atoms with Crippen LogP contribution in [0, 0.1) is 29.1 Å². The number of nitrogens with zero attached hydrogens (tertiary/aromatic N) is 1. The Labute approximate surface area is 356 Å². The van der Waals surface area contributed by atoms with E-state index in [1.807, 2.05) is 0 Å². The molecule has 8 aliphatic rings. The average Bonchev–Trinajstić information content (AvgIpc) is 3.85. The Bertz CT molecular complexity index is 2710. The van der Waals surface area contributed by atoms with Gasteiger partial charge in [-0.2, -0.15) is 0 Å². The largest absolute Gasteiger partial charge is 0.333 e. The van der Waals surface area contributed by atoms with Gasteiger partial charge in [0.15, 0.2) is 0 Å². The van der Waals surface area contributed by atoms with E-state index in [0.717, 1.165) is 30.1 Å². The van der Waals surface area contributed by atoms with Crippen LogP contribution in [0.2, 0.25) is 0 Å². The summed E-state index contributed by atoms with van der Waals surface area (Å²) in [6, 6.07) is 43.3. The van der Waals surface area contributed by atoms with E-state index in [9.17, 15) is 0 Å². The molecule has 296 valence electrons. The van der Waals surface area contributed by atoms with E-state index < -0.39 is 0 Å². The molecule has 0 radical (unpaired) electrons. The Morgan fingerprint density at radius 3 is 2.12 bits per heavy atom. The molecule has 13 rings (SSSR count). The van der Waals surface area contributed by atoms with Gasteiger partial charge < -0.3 is 4.90 Å². The van der Waals surface area contributed by atoms with Gasteiger partial charge in [0, 0.05) is 26.3 Å². The predicted molar refractivity (Wildman–Crippen MR) is 246 cm³/mol. The second-order valence-corrected chi connectivity index (χ2v) is 22.9. The van der Waals surface area contributed by atoms with Crippen molar-refractivity contribution in [3.63, 3.8) is 0 Å². The van der Waals surface area contributed by atoms with E-state index in [4.69, 9.17) is 0 Å². The summed E-state index contributed by atoms with van der Waals surface area (Å²) in [5, 5.41) is 0. The van der Waals surface area contributed by atoms with Crippen LogP contribution in [0.5, 0.6) is 0 Å². The fourth-order valence-corrected chi connectivity index (χ4v) is 17.0. The minimum Gasteiger partial charge on any atom is -0.333 e. The molecule has 1 aliphatic heterocycles. The van der Waals surface area contributed by atoms with Crippen molar-refractivity contribution in [2.75, 3.05) is 4.90 Å². The minimum atomic E-state index is -0.0102. The highest BCUT2D eigenvalue weighted by Gasteiger charge is 2.84. The van der Waals surface area contributed by atoms with E-state index in [0.29, 0.717) is 5.41 Å². The molecule has 2 bridgehead atoms. The number of allylic oxidation sites excluding steroid dienone is 2. The van der Waals surface area contributed by atoms with Crippen LogP contribution in [0.4, 0.5) is 11.4 Å². The zero-order valence-electron chi connectivity index (χ0n) is 35.7. The van der Waals surface area contributed by atoms with Gasteiger partial charge in [0.25, 0.3) is 0 Å². The first kappa shape index (κ1) is 35.5. The molecule has 0 amide bonds. The molecule has 4 fully saturated rings. The van der Waals surface area contributed by atoms with Crippen molar-refractivity contribution in [1.29, 1.82) is 0 Å². The fraction of sp³-hybridized carbons (Fsp3) is 0.404. The zero-order chi connectivity index (χ0) is 39.8. The third kappa shape index (κ3) is 4.31. The van der Waals surface area contributed by atoms with Gasteiger partial charge in [0.2, 0.25) is 0 Å². The number of hydrogen-bond acceptors (Lipinski definition) is 2. The van der Waals surface area contributed by atoms with Gasteiger partial charge in [-0.3, -0.25) is 0 Å². The molecule has 2 heteroatoms. The standard InChI is InChI=1S/C57H57NS/c1-53(2)26-27-54(3,4)47-32-38(23-25-43(47)53)58(37-22-24-41-40-16-10-11-18-42(40)55(5,6)46(41)31-37)48-21-13-20-45-52(48)59-51-39(35-14-8-7-9-15-35)17-12-19-44(51)57(45)49-29-34-28-36-30-50(57)56(36,49)33-34/h7-25,32,34,36-37,49-50H,26-31,33H2,1-6H3. The first-order chi connectivity index (χ1) is 28.4. The highest BCUT2D eigenvalue weighted by Crippen LogP contribution is 2.89. The topological polar surface area (TPSA) is 3.24 Å². The Morgan fingerprint density at radius 1 is 0.610 bits per heavy atom. The molecular formula is C57H57NS. The molecule has 0 aromatic heterocycles. The second-order valence-electron chi connectivity index (χ2n) is 21.9. The van der Waals surface area contributed by atoms with Gasteiger partial charge in [-0.15, -0.1) is 0 Å². The van der Waals surface area contributed by atoms with Gasteiger partial charge in [0.1, 0.15) is 0 Å². The van der Waals surface area contributed by atoms with E-state index in [1.165, 1.54) is 93.1 Å². The van der Waals surface area contributed by atoms with E-state index >= 15 is 0 Å². The van der Waals surface area contributed by atoms with Crippen molar-refractivity contribution in [3.8, 4) is 11.1 Å². The summed E-state index contributed by atoms with van der Waals surface area (Å²) in [7, 11) is 0. The molecule has 1 heterocycles. The number of hydrogen-bond donors (Lipinski definition) is 0. The van der Waals surface area contributed by atoms with Crippen LogP contribution in [-0.4, -0.2) is 6.04 Å². The number of benzene rings is 5. The molecule has 7 unspecified atom stereocenters. The first-order valence-corrected chi connectivity index (χ1v) is 23.7. The normalized spacial score (nSPS) is 32.3. The molecule has 7 atom stereocenters. The summed E-state index contributed by atoms with van der Waals surface area (Å²) in [6.45, 7) is 14.9. The number of anilines is 2. The minimum absolute atomic E-state index is 0.0102. The van der Waals surface area contributed by atoms with Gasteiger partial charge in [-0.25, -0.2) is 0 Å². The zero-order valence-corrected chi connectivity index (χ0v) is 36.6. The molecule has 59 heavy (non-hydrogen) atoms. The highest BCUT2D eigenvalue weighted by atomic mass is 32.2. The van der Waals surface area contributed by atoms with Crippen LogP contribution in [0.3, 0.4) is 0 Å². The maximum absolute atomic E-state index is 2.83. The summed E-state index contributed by atoms with van der Waals surface area (Å²) in [4.78, 5) is 5.86. The van der Waals surface area contributed by atoms with E-state index in [-0.39, 0.29) is 27.7 Å². The van der Waals surface area contributed by atoms with Crippen molar-refractivity contribution in [3.05, 3.63) is 160 Å². The summed E-state index contributed by atoms with van der Waals surface area (Å²) < 4.78 is 0. The third-order valence-electron chi connectivity index (χ3n) is 18.3. The molecule has 1 nitrogen and oxygen atoms in total. The quantitative estimate of drug-likeness (QED) is 0.178. The fourth-order valence-electron chi connectivity index (χ4n) is 15.6. The van der Waals surface area contributed by atoms with Gasteiger partial charge >= 0.3 is 0 Å². The Balaban J connectivity index is 1.04. The third-order valence-corrected chi connectivity index (χ3v) is 19.5. The van der Waals surface area contributed by atoms with Crippen molar-refractivity contribution in [2.24, 2.45) is 29.1 Å². The molecule has 5 aromatic carbocycles. The Morgan fingerprint density at radius 2 is 1.31 bits per heavy atom. The summed E-state index contributed by atoms with van der Waals surface area (Å²) in [6.07, 6.45) is 14.3. The van der Waals surface area contributed by atoms with Crippen LogP contribution in [0.15, 0.2) is 137 Å². The molecule has 4 saturated carbocycles. The number of rotatable bonds is 4. The number of fused-ring (bicyclic) bond motifs is 10. The molecule has 0 saturated heterocycles. The van der Waals surface area contributed by atoms with Gasteiger partial charge in [-0.05, 0) is 159 Å². The highest BCUT2D eigenvalue weighted by molar-refractivity contribution is 7.99. The van der Waals surface area contributed by atoms with Crippen molar-refractivity contribution >= 4 is 28.7 Å². The first-order valence-electron chi connectivity index (χ1n) is 22.9. The van der Waals surface area contributed by atoms with Crippen molar-refractivity contribution in [2.45, 2.75) is 124 Å². The van der Waals surface area contributed by atoms with Crippen LogP contribution >= 0.6 is 11.8 Å². The lowest BCUT2D eigenvalue weighted by Crippen LogP contribution is -2.74. The van der Waals surface area contributed by atoms with Crippen molar-refractivity contribution in [1.82, 2.24) is 0 Å². The molecule has 2 spiro atoms. The Kier molecular flexibility index (Phi) is 6.95. The van der Waals surface area contributed by atoms with Crippen LogP contribution in [-0.2, 0) is 21.7 Å². The maximum atomic E-state index is 2.83. The second kappa shape index (κ2) is 11.6. The van der Waals surface area contributed by atoms with Gasteiger partial charge in [0.05, 0.1) is 11.7 Å². The summed E-state index contributed by atoms with van der Waals surface area (Å²) in [5.41, 5.74) is 18.8. The maximum Gasteiger partial charge on any atom is 0.0563 e. The molecule has 7 aliphatic carbocycles. The average molecular weight is 788 g/mol. The van der Waals surface area contributed by atoms with Crippen LogP contribution in [0.1, 0.15) is 120 Å². The Hall–Kier alpha value is -4.27. The molecule has 0 N–H and O–H groups in total. The smallest absolute Gasteiger partial charge is 0.0563 e. The molecular weight excluding hydrogens is 731 g/mol. The van der Waals surface area contributed by atoms with Crippen LogP contribution in [0.25, 0.3) is 16.7 Å². The van der Waals surface area contributed by atoms with Gasteiger partial charge in [-0.1, -0.05) is 156 Å². The lowest BCUT2D eigenvalue weighted by atomic mass is 9.26. The summed E-state index contributed by atoms with van der Waals surface area (Å²) >= 11 is 2.10. The summed E-state index contributed by atoms with van der Waals surface area (Å²) in [5.74, 6) is 3.37. The molecule has 5 aromatic rings. The lowest BCUT2D eigenvalue weighted by Gasteiger charge is -2.78. The van der Waals surface area contributed by atoms with E-state index in [2.05, 4.69) is 180 Å². The van der Waals surface area contributed by atoms with Crippen LogP contribution < -0.4 is 4.90 Å². The predicted octanol–water partition coefficient (Wildman–Crippen LogP) is 14.7. The lowest BCUT2D eigenvalue weighted by molar-refractivity contribution is -0.235. The van der Waals surface area contributed by atoms with E-state index in [1.54, 1.807) is 22.3 Å². The monoisotopic (exact) mass is 787 g/mol.